The average molecular weight is 271 g/mol. The molecule has 0 spiro atoms. The van der Waals surface area contributed by atoms with Crippen molar-refractivity contribution in [3.63, 3.8) is 0 Å². The van der Waals surface area contributed by atoms with Crippen molar-refractivity contribution in [3.05, 3.63) is 0 Å². The summed E-state index contributed by atoms with van der Waals surface area (Å²) in [6.07, 6.45) is 1.25. The van der Waals surface area contributed by atoms with Crippen LogP contribution in [0.2, 0.25) is 0 Å². The van der Waals surface area contributed by atoms with Crippen molar-refractivity contribution in [1.29, 1.82) is 0 Å². The molecule has 0 bridgehead atoms. The number of hydrogen-bond acceptors (Lipinski definition) is 4. The fourth-order valence-electron chi connectivity index (χ4n) is 1.26. The molecule has 4 amide bonds. The highest BCUT2D eigenvalue weighted by Crippen LogP contribution is 2.18. The smallest absolute Gasteiger partial charge is 0.322 e. The SMILES string of the molecule is CC(NC(=O)NC(=O)CCC(=O)O)C(=O)NC1CC1. The Morgan fingerprint density at radius 2 is 1.84 bits per heavy atom. The zero-order valence-corrected chi connectivity index (χ0v) is 10.6. The molecule has 1 rings (SSSR count). The molecule has 0 heterocycles. The summed E-state index contributed by atoms with van der Waals surface area (Å²) in [5, 5.41) is 15.3. The van der Waals surface area contributed by atoms with Gasteiger partial charge in [-0.2, -0.15) is 0 Å². The van der Waals surface area contributed by atoms with Gasteiger partial charge in [0.15, 0.2) is 0 Å². The second-order valence-corrected chi connectivity index (χ2v) is 4.42. The number of urea groups is 1. The summed E-state index contributed by atoms with van der Waals surface area (Å²) in [7, 11) is 0. The number of nitrogens with one attached hydrogen (secondary N) is 3. The molecule has 0 aliphatic heterocycles. The van der Waals surface area contributed by atoms with Crippen LogP contribution >= 0.6 is 0 Å². The van der Waals surface area contributed by atoms with Crippen LogP contribution in [-0.4, -0.2) is 41.0 Å². The van der Waals surface area contributed by atoms with Crippen molar-refractivity contribution in [3.8, 4) is 0 Å². The van der Waals surface area contributed by atoms with Gasteiger partial charge in [0.05, 0.1) is 6.42 Å². The maximum atomic E-state index is 11.5. The van der Waals surface area contributed by atoms with Crippen LogP contribution in [0.4, 0.5) is 4.79 Å². The van der Waals surface area contributed by atoms with Crippen molar-refractivity contribution < 1.29 is 24.3 Å². The zero-order chi connectivity index (χ0) is 14.4. The van der Waals surface area contributed by atoms with Gasteiger partial charge in [0, 0.05) is 12.5 Å². The summed E-state index contributed by atoms with van der Waals surface area (Å²) in [6.45, 7) is 1.50. The van der Waals surface area contributed by atoms with E-state index in [4.69, 9.17) is 5.11 Å². The summed E-state index contributed by atoms with van der Waals surface area (Å²) in [6, 6.07) is -1.38. The van der Waals surface area contributed by atoms with Gasteiger partial charge in [-0.25, -0.2) is 4.79 Å². The van der Waals surface area contributed by atoms with Crippen LogP contribution in [0.3, 0.4) is 0 Å². The quantitative estimate of drug-likeness (QED) is 0.510. The van der Waals surface area contributed by atoms with Crippen molar-refractivity contribution >= 4 is 23.8 Å². The van der Waals surface area contributed by atoms with E-state index in [9.17, 15) is 19.2 Å². The second-order valence-electron chi connectivity index (χ2n) is 4.42. The van der Waals surface area contributed by atoms with Gasteiger partial charge in [0.1, 0.15) is 6.04 Å². The second kappa shape index (κ2) is 6.72. The summed E-state index contributed by atoms with van der Waals surface area (Å²) in [4.78, 5) is 44.3. The lowest BCUT2D eigenvalue weighted by atomic mass is 10.3. The number of rotatable bonds is 6. The number of carboxylic acid groups (broad SMARTS) is 1. The predicted octanol–water partition coefficient (Wildman–Crippen LogP) is -0.656. The average Bonchev–Trinajstić information content (AvgIpc) is 3.09. The number of carboxylic acids is 1. The van der Waals surface area contributed by atoms with E-state index in [0.717, 1.165) is 12.8 Å². The van der Waals surface area contributed by atoms with Crippen LogP contribution in [0.5, 0.6) is 0 Å². The van der Waals surface area contributed by atoms with E-state index in [2.05, 4.69) is 10.6 Å². The highest BCUT2D eigenvalue weighted by atomic mass is 16.4. The van der Waals surface area contributed by atoms with Crippen LogP contribution < -0.4 is 16.0 Å². The van der Waals surface area contributed by atoms with Gasteiger partial charge < -0.3 is 15.7 Å². The van der Waals surface area contributed by atoms with Crippen LogP contribution in [0, 0.1) is 0 Å². The first-order valence-corrected chi connectivity index (χ1v) is 6.01. The third-order valence-corrected chi connectivity index (χ3v) is 2.48. The third kappa shape index (κ3) is 6.39. The molecule has 0 aromatic carbocycles. The number of imide groups is 1. The molecule has 1 fully saturated rings. The van der Waals surface area contributed by atoms with E-state index in [1.165, 1.54) is 6.92 Å². The van der Waals surface area contributed by atoms with E-state index >= 15 is 0 Å². The standard InChI is InChI=1S/C11H17N3O5/c1-6(10(18)13-7-2-3-7)12-11(19)14-8(15)4-5-9(16)17/h6-7H,2-5H2,1H3,(H,13,18)(H,16,17)(H2,12,14,15,19). The molecular weight excluding hydrogens is 254 g/mol. The fraction of sp³-hybridized carbons (Fsp3) is 0.636. The fourth-order valence-corrected chi connectivity index (χ4v) is 1.26. The molecule has 1 unspecified atom stereocenters. The summed E-state index contributed by atoms with van der Waals surface area (Å²) in [5.74, 6) is -2.13. The molecule has 1 saturated carbocycles. The van der Waals surface area contributed by atoms with E-state index in [1.54, 1.807) is 0 Å². The topological polar surface area (TPSA) is 125 Å². The lowest BCUT2D eigenvalue weighted by molar-refractivity contribution is -0.138. The molecule has 0 aromatic heterocycles. The first kappa shape index (κ1) is 14.9. The number of amides is 4. The number of carbonyl (C=O) groups is 4. The minimum Gasteiger partial charge on any atom is -0.481 e. The van der Waals surface area contributed by atoms with Crippen LogP contribution in [0.15, 0.2) is 0 Å². The highest BCUT2D eigenvalue weighted by Gasteiger charge is 2.26. The predicted molar refractivity (Wildman–Crippen MR) is 64.2 cm³/mol. The maximum Gasteiger partial charge on any atom is 0.322 e. The zero-order valence-electron chi connectivity index (χ0n) is 10.6. The van der Waals surface area contributed by atoms with Gasteiger partial charge in [-0.3, -0.25) is 19.7 Å². The molecule has 1 aliphatic rings. The van der Waals surface area contributed by atoms with E-state index in [1.807, 2.05) is 5.32 Å². The number of aliphatic carboxylic acids is 1. The van der Waals surface area contributed by atoms with Crippen LogP contribution in [0.1, 0.15) is 32.6 Å². The Morgan fingerprint density at radius 1 is 1.21 bits per heavy atom. The van der Waals surface area contributed by atoms with Gasteiger partial charge in [-0.05, 0) is 19.8 Å². The summed E-state index contributed by atoms with van der Waals surface area (Å²) < 4.78 is 0. The Bertz CT molecular complexity index is 392. The van der Waals surface area contributed by atoms with E-state index < -0.39 is 23.9 Å². The molecule has 106 valence electrons. The van der Waals surface area contributed by atoms with Crippen LogP contribution in [0.25, 0.3) is 0 Å². The first-order chi connectivity index (χ1) is 8.88. The Morgan fingerprint density at radius 3 is 2.37 bits per heavy atom. The first-order valence-electron chi connectivity index (χ1n) is 6.01. The van der Waals surface area contributed by atoms with Gasteiger partial charge in [0.2, 0.25) is 11.8 Å². The summed E-state index contributed by atoms with van der Waals surface area (Å²) in [5.41, 5.74) is 0. The van der Waals surface area contributed by atoms with Gasteiger partial charge in [-0.15, -0.1) is 0 Å². The molecule has 8 nitrogen and oxygen atoms in total. The van der Waals surface area contributed by atoms with Crippen molar-refractivity contribution in [1.82, 2.24) is 16.0 Å². The van der Waals surface area contributed by atoms with Crippen LogP contribution in [-0.2, 0) is 14.4 Å². The largest absolute Gasteiger partial charge is 0.481 e. The monoisotopic (exact) mass is 271 g/mol. The minimum absolute atomic E-state index is 0.192. The normalized spacial score (nSPS) is 15.2. The molecule has 1 aliphatic carbocycles. The van der Waals surface area contributed by atoms with Crippen molar-refractivity contribution in [2.24, 2.45) is 0 Å². The van der Waals surface area contributed by atoms with Crippen molar-refractivity contribution in [2.45, 2.75) is 44.7 Å². The third-order valence-electron chi connectivity index (χ3n) is 2.48. The number of carbonyl (C=O) groups excluding carboxylic acids is 3. The Kier molecular flexibility index (Phi) is 5.28. The highest BCUT2D eigenvalue weighted by molar-refractivity contribution is 5.97. The molecular formula is C11H17N3O5. The lowest BCUT2D eigenvalue weighted by Gasteiger charge is -2.13. The van der Waals surface area contributed by atoms with Gasteiger partial charge in [-0.1, -0.05) is 0 Å². The Labute approximate surface area is 109 Å². The molecule has 4 N–H and O–H groups in total. The minimum atomic E-state index is -1.12. The molecule has 1 atom stereocenters. The Balaban J connectivity index is 2.23. The summed E-state index contributed by atoms with van der Waals surface area (Å²) >= 11 is 0. The lowest BCUT2D eigenvalue weighted by Crippen LogP contribution is -2.50. The van der Waals surface area contributed by atoms with Gasteiger partial charge in [0.25, 0.3) is 0 Å². The van der Waals surface area contributed by atoms with Crippen molar-refractivity contribution in [2.75, 3.05) is 0 Å². The maximum absolute atomic E-state index is 11.5. The molecule has 0 saturated heterocycles. The Hall–Kier alpha value is -2.12. The molecule has 19 heavy (non-hydrogen) atoms. The molecule has 0 aromatic rings. The molecule has 0 radical (unpaired) electrons. The number of hydrogen-bond donors (Lipinski definition) is 4. The van der Waals surface area contributed by atoms with E-state index in [-0.39, 0.29) is 24.8 Å². The van der Waals surface area contributed by atoms with Gasteiger partial charge >= 0.3 is 12.0 Å². The molecule has 8 heteroatoms. The van der Waals surface area contributed by atoms with E-state index in [0.29, 0.717) is 0 Å².